The summed E-state index contributed by atoms with van der Waals surface area (Å²) >= 11 is 1.45. The normalized spacial score (nSPS) is 10.2. The van der Waals surface area contributed by atoms with Crippen molar-refractivity contribution in [2.45, 2.75) is 6.92 Å². The van der Waals surface area contributed by atoms with E-state index in [0.29, 0.717) is 18.8 Å². The van der Waals surface area contributed by atoms with Crippen LogP contribution in [0.15, 0.2) is 35.7 Å². The molecule has 0 spiro atoms. The smallest absolute Gasteiger partial charge is 0.357 e. The van der Waals surface area contributed by atoms with Gasteiger partial charge in [0.15, 0.2) is 5.69 Å². The molecule has 0 N–H and O–H groups in total. The van der Waals surface area contributed by atoms with Gasteiger partial charge in [-0.25, -0.2) is 9.78 Å². The zero-order valence-corrected chi connectivity index (χ0v) is 11.8. The maximum atomic E-state index is 11.7. The van der Waals surface area contributed by atoms with Gasteiger partial charge in [0.25, 0.3) is 0 Å². The SMILES string of the molecule is Cc1nc(C(=O)OCCN(C)c2ccccc2)cs1. The molecular weight excluding hydrogens is 260 g/mol. The van der Waals surface area contributed by atoms with Crippen molar-refractivity contribution in [2.24, 2.45) is 0 Å². The highest BCUT2D eigenvalue weighted by Gasteiger charge is 2.10. The Labute approximate surface area is 116 Å². The minimum atomic E-state index is -0.356. The van der Waals surface area contributed by atoms with Gasteiger partial charge < -0.3 is 9.64 Å². The number of carbonyl (C=O) groups is 1. The van der Waals surface area contributed by atoms with Crippen LogP contribution in [0.2, 0.25) is 0 Å². The molecule has 0 unspecified atom stereocenters. The number of esters is 1. The molecular formula is C14H16N2O2S. The summed E-state index contributed by atoms with van der Waals surface area (Å²) in [4.78, 5) is 17.8. The van der Waals surface area contributed by atoms with Gasteiger partial charge in [-0.15, -0.1) is 11.3 Å². The van der Waals surface area contributed by atoms with Gasteiger partial charge in [-0.2, -0.15) is 0 Å². The number of nitrogens with zero attached hydrogens (tertiary/aromatic N) is 2. The van der Waals surface area contributed by atoms with Crippen LogP contribution in [0.25, 0.3) is 0 Å². The first-order chi connectivity index (χ1) is 9.16. The van der Waals surface area contributed by atoms with Crippen molar-refractivity contribution in [1.82, 2.24) is 4.98 Å². The first-order valence-corrected chi connectivity index (χ1v) is 6.90. The van der Waals surface area contributed by atoms with Gasteiger partial charge in [-0.3, -0.25) is 0 Å². The average molecular weight is 276 g/mol. The Morgan fingerprint density at radius 3 is 2.74 bits per heavy atom. The molecule has 0 atom stereocenters. The summed E-state index contributed by atoms with van der Waals surface area (Å²) in [6.45, 7) is 2.87. The van der Waals surface area contributed by atoms with E-state index < -0.39 is 0 Å². The Morgan fingerprint density at radius 2 is 2.11 bits per heavy atom. The van der Waals surface area contributed by atoms with E-state index in [1.165, 1.54) is 11.3 Å². The fourth-order valence-corrected chi connectivity index (χ4v) is 2.20. The topological polar surface area (TPSA) is 42.4 Å². The van der Waals surface area contributed by atoms with Crippen LogP contribution in [0.1, 0.15) is 15.5 Å². The summed E-state index contributed by atoms with van der Waals surface area (Å²) < 4.78 is 5.20. The molecule has 0 aliphatic heterocycles. The van der Waals surface area contributed by atoms with E-state index in [0.717, 1.165) is 10.7 Å². The zero-order chi connectivity index (χ0) is 13.7. The predicted octanol–water partition coefficient (Wildman–Crippen LogP) is 2.74. The molecule has 0 aliphatic carbocycles. The van der Waals surface area contributed by atoms with E-state index in [4.69, 9.17) is 4.74 Å². The summed E-state index contributed by atoms with van der Waals surface area (Å²) in [5.41, 5.74) is 1.49. The number of aromatic nitrogens is 1. The second-order valence-electron chi connectivity index (χ2n) is 4.14. The van der Waals surface area contributed by atoms with Gasteiger partial charge in [-0.05, 0) is 19.1 Å². The van der Waals surface area contributed by atoms with E-state index in [2.05, 4.69) is 4.98 Å². The molecule has 1 aromatic heterocycles. The van der Waals surface area contributed by atoms with E-state index in [1.54, 1.807) is 5.38 Å². The molecule has 0 fully saturated rings. The van der Waals surface area contributed by atoms with Crippen molar-refractivity contribution >= 4 is 23.0 Å². The molecule has 5 heteroatoms. The van der Waals surface area contributed by atoms with Crippen LogP contribution in [0.5, 0.6) is 0 Å². The number of aryl methyl sites for hydroxylation is 1. The molecule has 2 aromatic rings. The van der Waals surface area contributed by atoms with Crippen molar-refractivity contribution in [3.63, 3.8) is 0 Å². The lowest BCUT2D eigenvalue weighted by atomic mass is 10.3. The van der Waals surface area contributed by atoms with Crippen LogP contribution in [0, 0.1) is 6.92 Å². The number of likely N-dealkylation sites (N-methyl/N-ethyl adjacent to an activating group) is 1. The minimum Gasteiger partial charge on any atom is -0.459 e. The third kappa shape index (κ3) is 3.79. The number of carbonyl (C=O) groups excluding carboxylic acids is 1. The Balaban J connectivity index is 1.79. The highest BCUT2D eigenvalue weighted by molar-refractivity contribution is 7.09. The average Bonchev–Trinajstić information content (AvgIpc) is 2.86. The number of hydrogen-bond donors (Lipinski definition) is 0. The standard InChI is InChI=1S/C14H16N2O2S/c1-11-15-13(10-19-11)14(17)18-9-8-16(2)12-6-4-3-5-7-12/h3-7,10H,8-9H2,1-2H3. The number of para-hydroxylation sites is 1. The molecule has 0 aliphatic rings. The molecule has 1 heterocycles. The van der Waals surface area contributed by atoms with Crippen LogP contribution >= 0.6 is 11.3 Å². The molecule has 0 saturated heterocycles. The molecule has 1 aromatic carbocycles. The number of rotatable bonds is 5. The van der Waals surface area contributed by atoms with Crippen LogP contribution in [-0.2, 0) is 4.74 Å². The predicted molar refractivity (Wildman–Crippen MR) is 76.8 cm³/mol. The molecule has 0 radical (unpaired) electrons. The molecule has 100 valence electrons. The number of benzene rings is 1. The highest BCUT2D eigenvalue weighted by Crippen LogP contribution is 2.11. The van der Waals surface area contributed by atoms with Crippen LogP contribution in [0.4, 0.5) is 5.69 Å². The fraction of sp³-hybridized carbons (Fsp3) is 0.286. The van der Waals surface area contributed by atoms with Crippen molar-refractivity contribution < 1.29 is 9.53 Å². The first kappa shape index (κ1) is 13.5. The summed E-state index contributed by atoms with van der Waals surface area (Å²) in [7, 11) is 1.97. The van der Waals surface area contributed by atoms with E-state index >= 15 is 0 Å². The fourth-order valence-electron chi connectivity index (χ4n) is 1.62. The van der Waals surface area contributed by atoms with Crippen molar-refractivity contribution in [1.29, 1.82) is 0 Å². The second-order valence-corrected chi connectivity index (χ2v) is 5.21. The van der Waals surface area contributed by atoms with Gasteiger partial charge in [0, 0.05) is 18.1 Å². The van der Waals surface area contributed by atoms with E-state index in [9.17, 15) is 4.79 Å². The lowest BCUT2D eigenvalue weighted by Gasteiger charge is -2.18. The van der Waals surface area contributed by atoms with Crippen LogP contribution in [0.3, 0.4) is 0 Å². The molecule has 0 amide bonds. The summed E-state index contributed by atoms with van der Waals surface area (Å²) in [6, 6.07) is 9.98. The minimum absolute atomic E-state index is 0.348. The molecule has 4 nitrogen and oxygen atoms in total. The van der Waals surface area contributed by atoms with Crippen LogP contribution < -0.4 is 4.90 Å². The summed E-state index contributed by atoms with van der Waals surface area (Å²) in [6.07, 6.45) is 0. The van der Waals surface area contributed by atoms with Crippen molar-refractivity contribution in [3.05, 3.63) is 46.4 Å². The Kier molecular flexibility index (Phi) is 4.52. The Hall–Kier alpha value is -1.88. The molecule has 0 bridgehead atoms. The third-order valence-corrected chi connectivity index (χ3v) is 3.46. The second kappa shape index (κ2) is 6.33. The molecule has 0 saturated carbocycles. The summed E-state index contributed by atoms with van der Waals surface area (Å²) in [5, 5.41) is 2.59. The Bertz CT molecular complexity index is 539. The molecule has 19 heavy (non-hydrogen) atoms. The lowest BCUT2D eigenvalue weighted by molar-refractivity contribution is 0.0510. The monoisotopic (exact) mass is 276 g/mol. The van der Waals surface area contributed by atoms with Gasteiger partial charge in [-0.1, -0.05) is 18.2 Å². The van der Waals surface area contributed by atoms with E-state index in [1.807, 2.05) is 49.2 Å². The third-order valence-electron chi connectivity index (χ3n) is 2.68. The highest BCUT2D eigenvalue weighted by atomic mass is 32.1. The van der Waals surface area contributed by atoms with E-state index in [-0.39, 0.29) is 5.97 Å². The maximum absolute atomic E-state index is 11.7. The number of thiazole rings is 1. The number of hydrogen-bond acceptors (Lipinski definition) is 5. The maximum Gasteiger partial charge on any atom is 0.357 e. The van der Waals surface area contributed by atoms with Crippen molar-refractivity contribution in [2.75, 3.05) is 25.1 Å². The number of ether oxygens (including phenoxy) is 1. The lowest BCUT2D eigenvalue weighted by Crippen LogP contribution is -2.23. The zero-order valence-electron chi connectivity index (χ0n) is 11.0. The quantitative estimate of drug-likeness (QED) is 0.788. The largest absolute Gasteiger partial charge is 0.459 e. The Morgan fingerprint density at radius 1 is 1.37 bits per heavy atom. The van der Waals surface area contributed by atoms with Gasteiger partial charge in [0.2, 0.25) is 0 Å². The van der Waals surface area contributed by atoms with Gasteiger partial charge >= 0.3 is 5.97 Å². The van der Waals surface area contributed by atoms with Gasteiger partial charge in [0.05, 0.1) is 11.6 Å². The van der Waals surface area contributed by atoms with Crippen LogP contribution in [-0.4, -0.2) is 31.2 Å². The van der Waals surface area contributed by atoms with Crippen molar-refractivity contribution in [3.8, 4) is 0 Å². The first-order valence-electron chi connectivity index (χ1n) is 6.02. The molecule has 2 rings (SSSR count). The van der Waals surface area contributed by atoms with Gasteiger partial charge in [0.1, 0.15) is 6.61 Å². The number of anilines is 1. The summed E-state index contributed by atoms with van der Waals surface area (Å²) in [5.74, 6) is -0.356.